The SMILES string of the molecule is CC(=O)C(CCCN1CCc2ccccc2C1)C(N)=O. The molecule has 0 aromatic heterocycles. The fourth-order valence-corrected chi connectivity index (χ4v) is 2.81. The van der Waals surface area contributed by atoms with Gasteiger partial charge in [-0.05, 0) is 43.9 Å². The molecule has 2 rings (SSSR count). The van der Waals surface area contributed by atoms with Crippen molar-refractivity contribution in [2.75, 3.05) is 13.1 Å². The number of carbonyl (C=O) groups is 2. The van der Waals surface area contributed by atoms with E-state index in [9.17, 15) is 9.59 Å². The van der Waals surface area contributed by atoms with Gasteiger partial charge in [-0.3, -0.25) is 14.5 Å². The molecule has 0 saturated heterocycles. The van der Waals surface area contributed by atoms with Crippen LogP contribution in [0.3, 0.4) is 0 Å². The van der Waals surface area contributed by atoms with Crippen molar-refractivity contribution in [3.8, 4) is 0 Å². The van der Waals surface area contributed by atoms with E-state index in [0.29, 0.717) is 6.42 Å². The van der Waals surface area contributed by atoms with E-state index in [4.69, 9.17) is 5.73 Å². The second kappa shape index (κ2) is 6.66. The number of fused-ring (bicyclic) bond motifs is 1. The Bertz CT molecular complexity index is 485. The maximum atomic E-state index is 11.3. The standard InChI is InChI=1S/C16H22N2O2/c1-12(19)15(16(17)20)7-4-9-18-10-8-13-5-2-3-6-14(13)11-18/h2-3,5-6,15H,4,7-11H2,1H3,(H2,17,20). The van der Waals surface area contributed by atoms with E-state index >= 15 is 0 Å². The molecule has 1 heterocycles. The topological polar surface area (TPSA) is 63.4 Å². The molecule has 2 N–H and O–H groups in total. The van der Waals surface area contributed by atoms with Crippen molar-refractivity contribution in [2.45, 2.75) is 32.7 Å². The zero-order valence-electron chi connectivity index (χ0n) is 12.0. The summed E-state index contributed by atoms with van der Waals surface area (Å²) in [6.45, 7) is 4.34. The smallest absolute Gasteiger partial charge is 0.227 e. The van der Waals surface area contributed by atoms with Crippen LogP contribution in [0.25, 0.3) is 0 Å². The first-order valence-electron chi connectivity index (χ1n) is 7.17. The summed E-state index contributed by atoms with van der Waals surface area (Å²) in [4.78, 5) is 24.9. The maximum Gasteiger partial charge on any atom is 0.227 e. The number of hydrogen-bond acceptors (Lipinski definition) is 3. The molecule has 1 amide bonds. The number of carbonyl (C=O) groups excluding carboxylic acids is 2. The molecule has 0 aliphatic carbocycles. The van der Waals surface area contributed by atoms with Crippen LogP contribution in [-0.4, -0.2) is 29.7 Å². The second-order valence-electron chi connectivity index (χ2n) is 5.50. The Labute approximate surface area is 119 Å². The van der Waals surface area contributed by atoms with Crippen molar-refractivity contribution >= 4 is 11.7 Å². The lowest BCUT2D eigenvalue weighted by molar-refractivity contribution is -0.131. The van der Waals surface area contributed by atoms with Gasteiger partial charge in [0.15, 0.2) is 0 Å². The van der Waals surface area contributed by atoms with Gasteiger partial charge < -0.3 is 5.73 Å². The van der Waals surface area contributed by atoms with Gasteiger partial charge in [-0.15, -0.1) is 0 Å². The molecule has 4 heteroatoms. The highest BCUT2D eigenvalue weighted by molar-refractivity contribution is 5.99. The molecule has 1 unspecified atom stereocenters. The normalized spacial score (nSPS) is 16.4. The summed E-state index contributed by atoms with van der Waals surface area (Å²) in [5.41, 5.74) is 8.07. The zero-order valence-corrected chi connectivity index (χ0v) is 12.0. The van der Waals surface area contributed by atoms with Crippen LogP contribution in [0, 0.1) is 5.92 Å². The molecule has 0 spiro atoms. The predicted molar refractivity (Wildman–Crippen MR) is 78.0 cm³/mol. The number of nitrogens with zero attached hydrogens (tertiary/aromatic N) is 1. The number of benzene rings is 1. The number of rotatable bonds is 6. The summed E-state index contributed by atoms with van der Waals surface area (Å²) in [5.74, 6) is -1.24. The monoisotopic (exact) mass is 274 g/mol. The van der Waals surface area contributed by atoms with Gasteiger partial charge >= 0.3 is 0 Å². The largest absolute Gasteiger partial charge is 0.369 e. The third-order valence-corrected chi connectivity index (χ3v) is 4.01. The molecule has 1 aliphatic rings. The lowest BCUT2D eigenvalue weighted by Gasteiger charge is -2.28. The first-order valence-corrected chi connectivity index (χ1v) is 7.17. The number of nitrogens with two attached hydrogens (primary N) is 1. The van der Waals surface area contributed by atoms with Crippen LogP contribution >= 0.6 is 0 Å². The van der Waals surface area contributed by atoms with E-state index < -0.39 is 11.8 Å². The third kappa shape index (κ3) is 3.67. The highest BCUT2D eigenvalue weighted by atomic mass is 16.2. The van der Waals surface area contributed by atoms with Crippen molar-refractivity contribution in [2.24, 2.45) is 11.7 Å². The molecule has 0 radical (unpaired) electrons. The van der Waals surface area contributed by atoms with Gasteiger partial charge in [-0.25, -0.2) is 0 Å². The maximum absolute atomic E-state index is 11.3. The first-order chi connectivity index (χ1) is 9.58. The van der Waals surface area contributed by atoms with Crippen molar-refractivity contribution < 1.29 is 9.59 Å². The molecule has 0 saturated carbocycles. The Hall–Kier alpha value is -1.68. The van der Waals surface area contributed by atoms with E-state index in [1.165, 1.54) is 18.1 Å². The van der Waals surface area contributed by atoms with Gasteiger partial charge in [0.05, 0.1) is 5.92 Å². The number of ketones is 1. The lowest BCUT2D eigenvalue weighted by Crippen LogP contribution is -2.33. The molecule has 1 atom stereocenters. The van der Waals surface area contributed by atoms with E-state index in [2.05, 4.69) is 29.2 Å². The number of primary amides is 1. The van der Waals surface area contributed by atoms with Crippen molar-refractivity contribution in [3.63, 3.8) is 0 Å². The summed E-state index contributed by atoms with van der Waals surface area (Å²) in [5, 5.41) is 0. The third-order valence-electron chi connectivity index (χ3n) is 4.01. The number of Topliss-reactive ketones (excluding diaryl/α,β-unsaturated/α-hetero) is 1. The van der Waals surface area contributed by atoms with Gasteiger partial charge in [0.25, 0.3) is 0 Å². The lowest BCUT2D eigenvalue weighted by atomic mass is 9.97. The molecular weight excluding hydrogens is 252 g/mol. The average Bonchev–Trinajstić information content (AvgIpc) is 2.42. The Morgan fingerprint density at radius 2 is 2.00 bits per heavy atom. The molecule has 1 aromatic rings. The van der Waals surface area contributed by atoms with Crippen LogP contribution in [0.2, 0.25) is 0 Å². The van der Waals surface area contributed by atoms with E-state index in [-0.39, 0.29) is 5.78 Å². The van der Waals surface area contributed by atoms with Gasteiger partial charge in [0.2, 0.25) is 5.91 Å². The summed E-state index contributed by atoms with van der Waals surface area (Å²) in [6.07, 6.45) is 2.46. The fourth-order valence-electron chi connectivity index (χ4n) is 2.81. The minimum atomic E-state index is -0.618. The summed E-state index contributed by atoms with van der Waals surface area (Å²) < 4.78 is 0. The summed E-state index contributed by atoms with van der Waals surface area (Å²) >= 11 is 0. The first kappa shape index (κ1) is 14.7. The summed E-state index contributed by atoms with van der Waals surface area (Å²) in [6, 6.07) is 8.51. The minimum Gasteiger partial charge on any atom is -0.369 e. The molecule has 1 aromatic carbocycles. The Morgan fingerprint density at radius 3 is 2.65 bits per heavy atom. The fraction of sp³-hybridized carbons (Fsp3) is 0.500. The molecule has 0 fully saturated rings. The Morgan fingerprint density at radius 1 is 1.30 bits per heavy atom. The molecule has 20 heavy (non-hydrogen) atoms. The summed E-state index contributed by atoms with van der Waals surface area (Å²) in [7, 11) is 0. The van der Waals surface area contributed by atoms with Gasteiger partial charge in [0.1, 0.15) is 5.78 Å². The molecular formula is C16H22N2O2. The van der Waals surface area contributed by atoms with Gasteiger partial charge in [-0.1, -0.05) is 24.3 Å². The van der Waals surface area contributed by atoms with Gasteiger partial charge in [-0.2, -0.15) is 0 Å². The van der Waals surface area contributed by atoms with Crippen LogP contribution in [0.1, 0.15) is 30.9 Å². The van der Waals surface area contributed by atoms with E-state index in [1.54, 1.807) is 0 Å². The second-order valence-corrected chi connectivity index (χ2v) is 5.50. The Kier molecular flexibility index (Phi) is 4.90. The van der Waals surface area contributed by atoms with E-state index in [0.717, 1.165) is 32.5 Å². The van der Waals surface area contributed by atoms with Crippen LogP contribution in [0.15, 0.2) is 24.3 Å². The van der Waals surface area contributed by atoms with Gasteiger partial charge in [0, 0.05) is 13.1 Å². The molecule has 0 bridgehead atoms. The van der Waals surface area contributed by atoms with Crippen molar-refractivity contribution in [1.29, 1.82) is 0 Å². The van der Waals surface area contributed by atoms with E-state index in [1.807, 2.05) is 0 Å². The van der Waals surface area contributed by atoms with Crippen molar-refractivity contribution in [3.05, 3.63) is 35.4 Å². The quantitative estimate of drug-likeness (QED) is 0.800. The average molecular weight is 274 g/mol. The molecule has 4 nitrogen and oxygen atoms in total. The highest BCUT2D eigenvalue weighted by Gasteiger charge is 2.21. The predicted octanol–water partition coefficient (Wildman–Crippen LogP) is 1.52. The van der Waals surface area contributed by atoms with Crippen LogP contribution in [-0.2, 0) is 22.6 Å². The van der Waals surface area contributed by atoms with Crippen LogP contribution in [0.5, 0.6) is 0 Å². The Balaban J connectivity index is 1.81. The zero-order chi connectivity index (χ0) is 14.5. The minimum absolute atomic E-state index is 0.124. The number of amides is 1. The molecule has 1 aliphatic heterocycles. The van der Waals surface area contributed by atoms with Crippen LogP contribution < -0.4 is 5.73 Å². The molecule has 108 valence electrons. The van der Waals surface area contributed by atoms with Crippen molar-refractivity contribution in [1.82, 2.24) is 4.90 Å². The number of hydrogen-bond donors (Lipinski definition) is 1. The van der Waals surface area contributed by atoms with Crippen LogP contribution in [0.4, 0.5) is 0 Å². The highest BCUT2D eigenvalue weighted by Crippen LogP contribution is 2.19.